The van der Waals surface area contributed by atoms with Crippen LogP contribution in [-0.4, -0.2) is 19.0 Å². The normalized spacial score (nSPS) is 33.6. The van der Waals surface area contributed by atoms with Crippen LogP contribution in [0.3, 0.4) is 0 Å². The molecule has 3 heteroatoms. The predicted octanol–water partition coefficient (Wildman–Crippen LogP) is -0.139. The van der Waals surface area contributed by atoms with Crippen molar-refractivity contribution in [3.05, 3.63) is 0 Å². The number of hydrogen-bond donors (Lipinski definition) is 2. The summed E-state index contributed by atoms with van der Waals surface area (Å²) in [6, 6.07) is 0. The molecule has 1 saturated heterocycles. The highest BCUT2D eigenvalue weighted by molar-refractivity contribution is 5.83. The molecule has 0 aromatic carbocycles. The van der Waals surface area contributed by atoms with Gasteiger partial charge in [0, 0.05) is 13.1 Å². The molecule has 0 saturated carbocycles. The number of hydrogen-bond acceptors (Lipinski definition) is 2. The van der Waals surface area contributed by atoms with E-state index < -0.39 is 0 Å². The number of rotatable bonds is 1. The summed E-state index contributed by atoms with van der Waals surface area (Å²) >= 11 is 0. The molecule has 0 aromatic heterocycles. The Morgan fingerprint density at radius 2 is 2.50 bits per heavy atom. The largest absolute Gasteiger partial charge is 0.356 e. The second-order valence-electron chi connectivity index (χ2n) is 3.12. The van der Waals surface area contributed by atoms with E-state index >= 15 is 0 Å². The minimum Gasteiger partial charge on any atom is -0.356 e. The van der Waals surface area contributed by atoms with Gasteiger partial charge in [0.05, 0.1) is 5.41 Å². The zero-order chi connectivity index (χ0) is 7.61. The zero-order valence-electron chi connectivity index (χ0n) is 6.31. The summed E-state index contributed by atoms with van der Waals surface area (Å²) < 4.78 is 0. The molecule has 0 aromatic rings. The topological polar surface area (TPSA) is 55.1 Å². The first-order valence-corrected chi connectivity index (χ1v) is 3.67. The first kappa shape index (κ1) is 7.54. The van der Waals surface area contributed by atoms with Crippen LogP contribution in [0.15, 0.2) is 0 Å². The number of amides is 1. The van der Waals surface area contributed by atoms with Gasteiger partial charge >= 0.3 is 0 Å². The highest BCUT2D eigenvalue weighted by Gasteiger charge is 2.33. The molecule has 3 N–H and O–H groups in total. The Kier molecular flexibility index (Phi) is 1.94. The molecule has 1 rings (SSSR count). The van der Waals surface area contributed by atoms with E-state index in [1.54, 1.807) is 0 Å². The maximum absolute atomic E-state index is 11.2. The second kappa shape index (κ2) is 2.58. The summed E-state index contributed by atoms with van der Waals surface area (Å²) in [7, 11) is 0. The summed E-state index contributed by atoms with van der Waals surface area (Å²) in [5, 5.41) is 2.80. The van der Waals surface area contributed by atoms with E-state index in [0.29, 0.717) is 6.54 Å². The summed E-state index contributed by atoms with van der Waals surface area (Å²) in [5.41, 5.74) is 5.17. The van der Waals surface area contributed by atoms with Crippen molar-refractivity contribution >= 4 is 5.91 Å². The van der Waals surface area contributed by atoms with E-state index in [1.807, 2.05) is 6.92 Å². The molecule has 0 spiro atoms. The Balaban J connectivity index is 2.63. The quantitative estimate of drug-likeness (QED) is 0.535. The molecule has 1 unspecified atom stereocenters. The maximum atomic E-state index is 11.2. The lowest BCUT2D eigenvalue weighted by Crippen LogP contribution is -2.48. The number of carbonyl (C=O) groups is 1. The van der Waals surface area contributed by atoms with Crippen LogP contribution in [0.1, 0.15) is 19.8 Å². The first-order chi connectivity index (χ1) is 4.69. The summed E-state index contributed by atoms with van der Waals surface area (Å²) in [6.45, 7) is 3.19. The summed E-state index contributed by atoms with van der Waals surface area (Å²) in [4.78, 5) is 11.2. The van der Waals surface area contributed by atoms with Crippen LogP contribution in [0.5, 0.6) is 0 Å². The van der Waals surface area contributed by atoms with Crippen molar-refractivity contribution in [1.82, 2.24) is 5.32 Å². The van der Waals surface area contributed by atoms with Gasteiger partial charge in [-0.15, -0.1) is 0 Å². The van der Waals surface area contributed by atoms with Crippen LogP contribution in [0.2, 0.25) is 0 Å². The van der Waals surface area contributed by atoms with Crippen molar-refractivity contribution in [2.24, 2.45) is 11.1 Å². The van der Waals surface area contributed by atoms with Crippen LogP contribution in [0.4, 0.5) is 0 Å². The summed E-state index contributed by atoms with van der Waals surface area (Å²) in [6.07, 6.45) is 1.98. The molecule has 1 atom stereocenters. The molecule has 0 aliphatic carbocycles. The average Bonchev–Trinajstić information content (AvgIpc) is 1.96. The van der Waals surface area contributed by atoms with E-state index in [-0.39, 0.29) is 11.3 Å². The van der Waals surface area contributed by atoms with Gasteiger partial charge in [0.2, 0.25) is 5.91 Å². The first-order valence-electron chi connectivity index (χ1n) is 3.67. The molecule has 0 radical (unpaired) electrons. The van der Waals surface area contributed by atoms with Gasteiger partial charge in [-0.2, -0.15) is 0 Å². The molecule has 0 bridgehead atoms. The highest BCUT2D eigenvalue weighted by atomic mass is 16.2. The third kappa shape index (κ3) is 1.14. The van der Waals surface area contributed by atoms with Crippen LogP contribution < -0.4 is 11.1 Å². The van der Waals surface area contributed by atoms with Crippen LogP contribution >= 0.6 is 0 Å². The average molecular weight is 142 g/mol. The minimum absolute atomic E-state index is 0.112. The molecule has 1 fully saturated rings. The van der Waals surface area contributed by atoms with Crippen molar-refractivity contribution < 1.29 is 4.79 Å². The van der Waals surface area contributed by atoms with Gasteiger partial charge < -0.3 is 11.1 Å². The fraction of sp³-hybridized carbons (Fsp3) is 0.857. The zero-order valence-corrected chi connectivity index (χ0v) is 6.31. The molecular weight excluding hydrogens is 128 g/mol. The van der Waals surface area contributed by atoms with Gasteiger partial charge in [0.15, 0.2) is 0 Å². The van der Waals surface area contributed by atoms with E-state index in [0.717, 1.165) is 19.4 Å². The van der Waals surface area contributed by atoms with Gasteiger partial charge in [0.25, 0.3) is 0 Å². The Labute approximate surface area is 61.0 Å². The SMILES string of the molecule is CC1(CN)CCCNC1=O. The Hall–Kier alpha value is -0.570. The lowest BCUT2D eigenvalue weighted by atomic mass is 9.82. The highest BCUT2D eigenvalue weighted by Crippen LogP contribution is 2.24. The van der Waals surface area contributed by atoms with Crippen LogP contribution in [-0.2, 0) is 4.79 Å². The standard InChI is InChI=1S/C7H14N2O/c1-7(5-8)3-2-4-9-6(7)10/h2-5,8H2,1H3,(H,9,10). The Bertz CT molecular complexity index is 147. The smallest absolute Gasteiger partial charge is 0.227 e. The van der Waals surface area contributed by atoms with Gasteiger partial charge in [-0.25, -0.2) is 0 Å². The third-order valence-corrected chi connectivity index (χ3v) is 2.19. The number of carbonyl (C=O) groups excluding carboxylic acids is 1. The molecule has 1 heterocycles. The van der Waals surface area contributed by atoms with Gasteiger partial charge in [-0.1, -0.05) is 0 Å². The van der Waals surface area contributed by atoms with Crippen molar-refractivity contribution in [2.75, 3.05) is 13.1 Å². The maximum Gasteiger partial charge on any atom is 0.227 e. The fourth-order valence-corrected chi connectivity index (χ4v) is 1.20. The van der Waals surface area contributed by atoms with E-state index in [4.69, 9.17) is 5.73 Å². The van der Waals surface area contributed by atoms with Crippen molar-refractivity contribution in [2.45, 2.75) is 19.8 Å². The van der Waals surface area contributed by atoms with Crippen molar-refractivity contribution in [3.63, 3.8) is 0 Å². The number of piperidine rings is 1. The number of nitrogens with two attached hydrogens (primary N) is 1. The molecule has 1 aliphatic rings. The van der Waals surface area contributed by atoms with Gasteiger partial charge in [-0.3, -0.25) is 4.79 Å². The number of nitrogens with one attached hydrogen (secondary N) is 1. The summed E-state index contributed by atoms with van der Waals surface area (Å²) in [5.74, 6) is 0.112. The molecule has 1 amide bonds. The molecule has 3 nitrogen and oxygen atoms in total. The Morgan fingerprint density at radius 3 is 2.90 bits per heavy atom. The third-order valence-electron chi connectivity index (χ3n) is 2.19. The minimum atomic E-state index is -0.293. The predicted molar refractivity (Wildman–Crippen MR) is 39.4 cm³/mol. The monoisotopic (exact) mass is 142 g/mol. The van der Waals surface area contributed by atoms with Crippen LogP contribution in [0.25, 0.3) is 0 Å². The Morgan fingerprint density at radius 1 is 1.80 bits per heavy atom. The van der Waals surface area contributed by atoms with E-state index in [1.165, 1.54) is 0 Å². The molecule has 58 valence electrons. The fourth-order valence-electron chi connectivity index (χ4n) is 1.20. The van der Waals surface area contributed by atoms with Gasteiger partial charge in [0.1, 0.15) is 0 Å². The van der Waals surface area contributed by atoms with E-state index in [9.17, 15) is 4.79 Å². The molecule has 1 aliphatic heterocycles. The molecular formula is C7H14N2O. The van der Waals surface area contributed by atoms with Gasteiger partial charge in [-0.05, 0) is 19.8 Å². The van der Waals surface area contributed by atoms with Crippen LogP contribution in [0, 0.1) is 5.41 Å². The van der Waals surface area contributed by atoms with E-state index in [2.05, 4.69) is 5.32 Å². The van der Waals surface area contributed by atoms with Crippen molar-refractivity contribution in [1.29, 1.82) is 0 Å². The lowest BCUT2D eigenvalue weighted by molar-refractivity contribution is -0.131. The molecule has 10 heavy (non-hydrogen) atoms. The second-order valence-corrected chi connectivity index (χ2v) is 3.12. The van der Waals surface area contributed by atoms with Crippen molar-refractivity contribution in [3.8, 4) is 0 Å². The lowest BCUT2D eigenvalue weighted by Gasteiger charge is -2.30.